The van der Waals surface area contributed by atoms with Gasteiger partial charge in [-0.1, -0.05) is 37.1 Å². The molecule has 2 rings (SSSR count). The molecule has 0 aromatic heterocycles. The van der Waals surface area contributed by atoms with Gasteiger partial charge in [0.2, 0.25) is 10.0 Å². The lowest BCUT2D eigenvalue weighted by molar-refractivity contribution is 0.281. The first-order chi connectivity index (χ1) is 9.12. The van der Waals surface area contributed by atoms with Gasteiger partial charge in [-0.25, -0.2) is 12.7 Å². The molecule has 1 N–H and O–H groups in total. The average Bonchev–Trinajstić information content (AvgIpc) is 2.68. The zero-order valence-electron chi connectivity index (χ0n) is 11.1. The van der Waals surface area contributed by atoms with Gasteiger partial charge >= 0.3 is 0 Å². The van der Waals surface area contributed by atoms with Crippen molar-refractivity contribution >= 4 is 10.0 Å². The van der Waals surface area contributed by atoms with E-state index in [1.165, 1.54) is 0 Å². The van der Waals surface area contributed by atoms with Crippen molar-refractivity contribution in [3.8, 4) is 0 Å². The predicted octanol–water partition coefficient (Wildman–Crippen LogP) is 1.88. The maximum Gasteiger partial charge on any atom is 0.218 e. The van der Waals surface area contributed by atoms with Crippen LogP contribution in [0.1, 0.15) is 36.8 Å². The van der Waals surface area contributed by atoms with Gasteiger partial charge in [0, 0.05) is 13.1 Å². The van der Waals surface area contributed by atoms with Gasteiger partial charge in [-0.3, -0.25) is 0 Å². The van der Waals surface area contributed by atoms with Gasteiger partial charge in [0.1, 0.15) is 0 Å². The lowest BCUT2D eigenvalue weighted by Gasteiger charge is -2.20. The lowest BCUT2D eigenvalue weighted by atomic mass is 10.1. The third kappa shape index (κ3) is 4.03. The summed E-state index contributed by atoms with van der Waals surface area (Å²) in [6, 6.07) is 7.14. The molecule has 19 heavy (non-hydrogen) atoms. The summed E-state index contributed by atoms with van der Waals surface area (Å²) in [6.45, 7) is 1.22. The normalized spacial score (nSPS) is 18.2. The number of hydrogen-bond acceptors (Lipinski definition) is 3. The Bertz CT molecular complexity index is 505. The smallest absolute Gasteiger partial charge is 0.218 e. The van der Waals surface area contributed by atoms with E-state index in [4.69, 9.17) is 5.11 Å². The van der Waals surface area contributed by atoms with E-state index >= 15 is 0 Å². The van der Waals surface area contributed by atoms with Crippen LogP contribution in [0.25, 0.3) is 0 Å². The number of nitrogens with zero attached hydrogens (tertiary/aromatic N) is 1. The van der Waals surface area contributed by atoms with Crippen LogP contribution in [0.4, 0.5) is 0 Å². The van der Waals surface area contributed by atoms with E-state index < -0.39 is 10.0 Å². The molecule has 106 valence electrons. The first-order valence-electron chi connectivity index (χ1n) is 6.78. The fourth-order valence-electron chi connectivity index (χ4n) is 2.44. The summed E-state index contributed by atoms with van der Waals surface area (Å²) in [5.41, 5.74) is 1.50. The zero-order chi connectivity index (χ0) is 13.7. The Balaban J connectivity index is 2.10. The third-order valence-corrected chi connectivity index (χ3v) is 5.33. The molecule has 0 radical (unpaired) electrons. The molecule has 0 aliphatic carbocycles. The van der Waals surface area contributed by atoms with Crippen LogP contribution in [-0.2, 0) is 22.4 Å². The highest BCUT2D eigenvalue weighted by Crippen LogP contribution is 2.17. The van der Waals surface area contributed by atoms with Crippen LogP contribution >= 0.6 is 0 Å². The Hall–Kier alpha value is -0.910. The second-order valence-corrected chi connectivity index (χ2v) is 7.02. The molecule has 0 atom stereocenters. The molecule has 1 fully saturated rings. The van der Waals surface area contributed by atoms with Crippen LogP contribution in [-0.4, -0.2) is 30.9 Å². The fourth-order valence-corrected chi connectivity index (χ4v) is 4.04. The zero-order valence-corrected chi connectivity index (χ0v) is 11.9. The highest BCUT2D eigenvalue weighted by Gasteiger charge is 2.23. The van der Waals surface area contributed by atoms with Gasteiger partial charge in [-0.05, 0) is 24.0 Å². The first-order valence-corrected chi connectivity index (χ1v) is 8.39. The van der Waals surface area contributed by atoms with E-state index in [-0.39, 0.29) is 12.4 Å². The van der Waals surface area contributed by atoms with Crippen molar-refractivity contribution in [1.82, 2.24) is 4.31 Å². The van der Waals surface area contributed by atoms with Gasteiger partial charge in [-0.2, -0.15) is 0 Å². The predicted molar refractivity (Wildman–Crippen MR) is 75.0 cm³/mol. The van der Waals surface area contributed by atoms with E-state index in [0.29, 0.717) is 13.1 Å². The molecule has 1 saturated heterocycles. The maximum absolute atomic E-state index is 12.4. The molecule has 0 bridgehead atoms. The number of aliphatic hydroxyl groups is 1. The van der Waals surface area contributed by atoms with Gasteiger partial charge in [0.05, 0.1) is 12.4 Å². The van der Waals surface area contributed by atoms with Crippen molar-refractivity contribution < 1.29 is 13.5 Å². The van der Waals surface area contributed by atoms with Crippen molar-refractivity contribution in [2.24, 2.45) is 0 Å². The Labute approximate surface area is 115 Å². The molecule has 1 aromatic carbocycles. The molecular formula is C14H21NO3S. The minimum Gasteiger partial charge on any atom is -0.392 e. The molecule has 0 amide bonds. The van der Waals surface area contributed by atoms with Gasteiger partial charge in [0.15, 0.2) is 0 Å². The van der Waals surface area contributed by atoms with E-state index in [2.05, 4.69) is 0 Å². The average molecular weight is 283 g/mol. The van der Waals surface area contributed by atoms with Gasteiger partial charge < -0.3 is 5.11 Å². The highest BCUT2D eigenvalue weighted by atomic mass is 32.2. The van der Waals surface area contributed by atoms with Crippen LogP contribution in [0.15, 0.2) is 24.3 Å². The second-order valence-electron chi connectivity index (χ2n) is 5.05. The molecule has 0 spiro atoms. The molecule has 4 nitrogen and oxygen atoms in total. The molecule has 1 aliphatic heterocycles. The van der Waals surface area contributed by atoms with Crippen LogP contribution < -0.4 is 0 Å². The summed E-state index contributed by atoms with van der Waals surface area (Å²) in [5.74, 6) is 0.0286. The molecule has 0 saturated carbocycles. The van der Waals surface area contributed by atoms with E-state index in [0.717, 1.165) is 36.8 Å². The van der Waals surface area contributed by atoms with Crippen LogP contribution in [0.5, 0.6) is 0 Å². The van der Waals surface area contributed by atoms with Gasteiger partial charge in [0.25, 0.3) is 0 Å². The molecule has 0 unspecified atom stereocenters. The monoisotopic (exact) mass is 283 g/mol. The summed E-state index contributed by atoms with van der Waals surface area (Å²) in [4.78, 5) is 0. The fraction of sp³-hybridized carbons (Fsp3) is 0.571. The second kappa shape index (κ2) is 6.50. The number of benzene rings is 1. The van der Waals surface area contributed by atoms with Crippen LogP contribution in [0.3, 0.4) is 0 Å². The Morgan fingerprint density at radius 2 is 1.68 bits per heavy atom. The summed E-state index contributed by atoms with van der Waals surface area (Å²) in [5, 5.41) is 9.09. The van der Waals surface area contributed by atoms with Crippen molar-refractivity contribution in [2.45, 2.75) is 38.0 Å². The number of aliphatic hydroxyl groups excluding tert-OH is 1. The quantitative estimate of drug-likeness (QED) is 0.918. The Morgan fingerprint density at radius 1 is 1.05 bits per heavy atom. The first kappa shape index (κ1) is 14.5. The van der Waals surface area contributed by atoms with Gasteiger partial charge in [-0.15, -0.1) is 0 Å². The maximum atomic E-state index is 12.4. The summed E-state index contributed by atoms with van der Waals surface area (Å²) < 4.78 is 26.4. The van der Waals surface area contributed by atoms with E-state index in [1.54, 1.807) is 28.6 Å². The molecule has 5 heteroatoms. The van der Waals surface area contributed by atoms with Crippen LogP contribution in [0, 0.1) is 0 Å². The molecular weight excluding hydrogens is 262 g/mol. The standard InChI is InChI=1S/C14H21NO3S/c16-11-13-6-5-7-14(10-13)12-19(17,18)15-8-3-1-2-4-9-15/h5-7,10,16H,1-4,8-9,11-12H2. The molecule has 1 aliphatic rings. The van der Waals surface area contributed by atoms with E-state index in [9.17, 15) is 8.42 Å². The minimum absolute atomic E-state index is 0.0286. The van der Waals surface area contributed by atoms with Crippen molar-refractivity contribution in [3.63, 3.8) is 0 Å². The largest absolute Gasteiger partial charge is 0.392 e. The minimum atomic E-state index is -3.23. The third-order valence-electron chi connectivity index (χ3n) is 3.48. The molecule has 1 aromatic rings. The van der Waals surface area contributed by atoms with Crippen LogP contribution in [0.2, 0.25) is 0 Å². The van der Waals surface area contributed by atoms with Crippen molar-refractivity contribution in [1.29, 1.82) is 0 Å². The Kier molecular flexibility index (Phi) is 4.96. The lowest BCUT2D eigenvalue weighted by Crippen LogP contribution is -2.32. The number of sulfonamides is 1. The SMILES string of the molecule is O=S(=O)(Cc1cccc(CO)c1)N1CCCCCC1. The molecule has 1 heterocycles. The number of rotatable bonds is 4. The topological polar surface area (TPSA) is 57.6 Å². The summed E-state index contributed by atoms with van der Waals surface area (Å²) in [7, 11) is -3.23. The highest BCUT2D eigenvalue weighted by molar-refractivity contribution is 7.88. The van der Waals surface area contributed by atoms with Crippen molar-refractivity contribution in [2.75, 3.05) is 13.1 Å². The van der Waals surface area contributed by atoms with E-state index in [1.807, 2.05) is 0 Å². The summed E-state index contributed by atoms with van der Waals surface area (Å²) in [6.07, 6.45) is 4.14. The Morgan fingerprint density at radius 3 is 2.32 bits per heavy atom. The van der Waals surface area contributed by atoms with Crippen molar-refractivity contribution in [3.05, 3.63) is 35.4 Å². The summed E-state index contributed by atoms with van der Waals surface area (Å²) >= 11 is 0. The number of hydrogen-bond donors (Lipinski definition) is 1.